The van der Waals surface area contributed by atoms with Gasteiger partial charge in [0.15, 0.2) is 0 Å². The zero-order valence-electron chi connectivity index (χ0n) is 13.5. The van der Waals surface area contributed by atoms with Gasteiger partial charge in [-0.2, -0.15) is 0 Å². The standard InChI is InChI=1S/C18H28F4/c1-3-4-12-8-11-6-5-10-7-9(2)15(19)17(21)13(10)14(11)18(22)16(12)20/h9-18H,3-8H2,1-2H3. The van der Waals surface area contributed by atoms with Crippen LogP contribution in [0.3, 0.4) is 0 Å². The molecule has 0 radical (unpaired) electrons. The summed E-state index contributed by atoms with van der Waals surface area (Å²) in [6.45, 7) is 3.72. The van der Waals surface area contributed by atoms with E-state index < -0.39 is 36.5 Å². The molecule has 0 nitrogen and oxygen atoms in total. The van der Waals surface area contributed by atoms with Gasteiger partial charge in [0.1, 0.15) is 24.7 Å². The molecule has 3 fully saturated rings. The summed E-state index contributed by atoms with van der Waals surface area (Å²) in [5.74, 6) is -1.68. The average molecular weight is 320 g/mol. The lowest BCUT2D eigenvalue weighted by Crippen LogP contribution is -2.56. The first-order chi connectivity index (χ1) is 10.5. The molecule has 3 aliphatic rings. The summed E-state index contributed by atoms with van der Waals surface area (Å²) in [6, 6.07) is 0. The molecule has 22 heavy (non-hydrogen) atoms. The molecule has 4 heteroatoms. The zero-order valence-corrected chi connectivity index (χ0v) is 13.5. The second-order valence-electron chi connectivity index (χ2n) is 8.03. The van der Waals surface area contributed by atoms with E-state index in [9.17, 15) is 17.6 Å². The van der Waals surface area contributed by atoms with Crippen molar-refractivity contribution in [2.75, 3.05) is 0 Å². The van der Waals surface area contributed by atoms with E-state index in [2.05, 4.69) is 0 Å². The minimum atomic E-state index is -1.62. The number of rotatable bonds is 2. The van der Waals surface area contributed by atoms with Crippen molar-refractivity contribution in [3.8, 4) is 0 Å². The van der Waals surface area contributed by atoms with Crippen molar-refractivity contribution in [2.45, 2.75) is 77.1 Å². The van der Waals surface area contributed by atoms with Crippen molar-refractivity contribution in [3.63, 3.8) is 0 Å². The minimum Gasteiger partial charge on any atom is -0.244 e. The zero-order chi connectivity index (χ0) is 16.0. The van der Waals surface area contributed by atoms with E-state index in [1.54, 1.807) is 6.92 Å². The molecule has 0 N–H and O–H groups in total. The van der Waals surface area contributed by atoms with E-state index in [1.165, 1.54) is 0 Å². The number of fused-ring (bicyclic) bond motifs is 3. The summed E-state index contributed by atoms with van der Waals surface area (Å²) in [5.41, 5.74) is 0. The summed E-state index contributed by atoms with van der Waals surface area (Å²) in [5, 5.41) is 0. The van der Waals surface area contributed by atoms with Crippen molar-refractivity contribution in [3.05, 3.63) is 0 Å². The molecule has 0 aromatic carbocycles. The van der Waals surface area contributed by atoms with Crippen LogP contribution in [0.4, 0.5) is 17.6 Å². The van der Waals surface area contributed by atoms with Gasteiger partial charge in [-0.15, -0.1) is 0 Å². The lowest BCUT2D eigenvalue weighted by atomic mass is 9.53. The molecule has 0 spiro atoms. The van der Waals surface area contributed by atoms with Crippen LogP contribution in [0.2, 0.25) is 0 Å². The highest BCUT2D eigenvalue weighted by molar-refractivity contribution is 5.05. The molecule has 0 saturated heterocycles. The first-order valence-electron chi connectivity index (χ1n) is 9.02. The number of hydrogen-bond acceptors (Lipinski definition) is 0. The number of halogens is 4. The van der Waals surface area contributed by atoms with E-state index in [-0.39, 0.29) is 23.7 Å². The third kappa shape index (κ3) is 2.58. The third-order valence-corrected chi connectivity index (χ3v) is 6.72. The summed E-state index contributed by atoms with van der Waals surface area (Å²) in [7, 11) is 0. The van der Waals surface area contributed by atoms with Gasteiger partial charge in [-0.1, -0.05) is 20.3 Å². The van der Waals surface area contributed by atoms with Gasteiger partial charge in [0.25, 0.3) is 0 Å². The van der Waals surface area contributed by atoms with Gasteiger partial charge in [0, 0.05) is 11.8 Å². The molecule has 10 atom stereocenters. The van der Waals surface area contributed by atoms with Crippen molar-refractivity contribution in [1.82, 2.24) is 0 Å². The Morgan fingerprint density at radius 2 is 1.32 bits per heavy atom. The molecule has 0 aromatic heterocycles. The molecule has 3 rings (SSSR count). The Bertz CT molecular complexity index is 383. The second-order valence-corrected chi connectivity index (χ2v) is 8.03. The van der Waals surface area contributed by atoms with Gasteiger partial charge in [0.05, 0.1) is 0 Å². The third-order valence-electron chi connectivity index (χ3n) is 6.72. The van der Waals surface area contributed by atoms with Crippen LogP contribution in [0, 0.1) is 35.5 Å². The highest BCUT2D eigenvalue weighted by atomic mass is 19.2. The summed E-state index contributed by atoms with van der Waals surface area (Å²) in [6.07, 6.45) is -1.71. The summed E-state index contributed by atoms with van der Waals surface area (Å²) >= 11 is 0. The summed E-state index contributed by atoms with van der Waals surface area (Å²) in [4.78, 5) is 0. The van der Waals surface area contributed by atoms with Crippen LogP contribution in [0.15, 0.2) is 0 Å². The average Bonchev–Trinajstić information content (AvgIpc) is 2.50. The monoisotopic (exact) mass is 320 g/mol. The van der Waals surface area contributed by atoms with Crippen LogP contribution in [0.1, 0.15) is 52.4 Å². The molecular formula is C18H28F4. The van der Waals surface area contributed by atoms with Gasteiger partial charge in [-0.25, -0.2) is 17.6 Å². The predicted molar refractivity (Wildman–Crippen MR) is 79.6 cm³/mol. The Hall–Kier alpha value is -0.280. The molecule has 0 aromatic rings. The second kappa shape index (κ2) is 6.32. The fourth-order valence-electron chi connectivity index (χ4n) is 5.71. The van der Waals surface area contributed by atoms with E-state index in [1.807, 2.05) is 6.92 Å². The maximum absolute atomic E-state index is 14.8. The van der Waals surface area contributed by atoms with Crippen molar-refractivity contribution < 1.29 is 17.6 Å². The maximum atomic E-state index is 14.8. The topological polar surface area (TPSA) is 0 Å². The molecular weight excluding hydrogens is 292 g/mol. The van der Waals surface area contributed by atoms with Gasteiger partial charge in [-0.3, -0.25) is 0 Å². The van der Waals surface area contributed by atoms with Crippen LogP contribution in [0.25, 0.3) is 0 Å². The van der Waals surface area contributed by atoms with Crippen molar-refractivity contribution in [1.29, 1.82) is 0 Å². The fraction of sp³-hybridized carbons (Fsp3) is 1.00. The molecule has 0 aliphatic heterocycles. The quantitative estimate of drug-likeness (QED) is 0.593. The highest BCUT2D eigenvalue weighted by Gasteiger charge is 2.57. The van der Waals surface area contributed by atoms with Gasteiger partial charge in [0.2, 0.25) is 0 Å². The molecule has 3 saturated carbocycles. The fourth-order valence-corrected chi connectivity index (χ4v) is 5.71. The van der Waals surface area contributed by atoms with E-state index in [0.29, 0.717) is 19.3 Å². The largest absolute Gasteiger partial charge is 0.244 e. The van der Waals surface area contributed by atoms with E-state index >= 15 is 0 Å². The van der Waals surface area contributed by atoms with Crippen molar-refractivity contribution >= 4 is 0 Å². The Balaban J connectivity index is 1.83. The van der Waals surface area contributed by atoms with Gasteiger partial charge < -0.3 is 0 Å². The molecule has 3 aliphatic carbocycles. The first kappa shape index (κ1) is 16.6. The smallest absolute Gasteiger partial charge is 0.135 e. The summed E-state index contributed by atoms with van der Waals surface area (Å²) < 4.78 is 58.0. The first-order valence-corrected chi connectivity index (χ1v) is 9.02. The Kier molecular flexibility index (Phi) is 4.76. The van der Waals surface area contributed by atoms with Crippen molar-refractivity contribution in [2.24, 2.45) is 35.5 Å². The lowest BCUT2D eigenvalue weighted by Gasteiger charge is -2.54. The number of hydrogen-bond donors (Lipinski definition) is 0. The van der Waals surface area contributed by atoms with Crippen LogP contribution in [0.5, 0.6) is 0 Å². The molecule has 0 bridgehead atoms. The SMILES string of the molecule is CCCC1CC2CCC3CC(C)C(F)C(F)C3C2C(F)C1F. The Morgan fingerprint density at radius 1 is 0.773 bits per heavy atom. The number of alkyl halides is 4. The molecule has 128 valence electrons. The Morgan fingerprint density at radius 3 is 1.91 bits per heavy atom. The predicted octanol–water partition coefficient (Wildman–Crippen LogP) is 5.46. The maximum Gasteiger partial charge on any atom is 0.135 e. The van der Waals surface area contributed by atoms with Gasteiger partial charge >= 0.3 is 0 Å². The lowest BCUT2D eigenvalue weighted by molar-refractivity contribution is -0.130. The van der Waals surface area contributed by atoms with Crippen LogP contribution < -0.4 is 0 Å². The molecule has 10 unspecified atom stereocenters. The minimum absolute atomic E-state index is 0.0337. The highest BCUT2D eigenvalue weighted by Crippen LogP contribution is 2.56. The Labute approximate surface area is 131 Å². The van der Waals surface area contributed by atoms with Crippen LogP contribution in [-0.2, 0) is 0 Å². The van der Waals surface area contributed by atoms with Crippen LogP contribution in [-0.4, -0.2) is 24.7 Å². The van der Waals surface area contributed by atoms with Crippen LogP contribution >= 0.6 is 0 Å². The van der Waals surface area contributed by atoms with Gasteiger partial charge in [-0.05, 0) is 55.8 Å². The van der Waals surface area contributed by atoms with E-state index in [4.69, 9.17) is 0 Å². The molecule has 0 amide bonds. The molecule has 0 heterocycles. The van der Waals surface area contributed by atoms with E-state index in [0.717, 1.165) is 19.3 Å². The normalized spacial score (nSPS) is 55.4.